The van der Waals surface area contributed by atoms with E-state index in [1.807, 2.05) is 0 Å². The molecule has 0 radical (unpaired) electrons. The largest absolute Gasteiger partial charge is 0.381 e. The number of nitrogens with zero attached hydrogens (tertiary/aromatic N) is 2. The SMILES string of the molecule is Cn1cncc1C(=O)NCCCOCCBr. The molecule has 0 aliphatic heterocycles. The highest BCUT2D eigenvalue weighted by molar-refractivity contribution is 9.09. The standard InChI is InChI=1S/C10H16BrN3O2/c1-14-8-12-7-9(14)10(15)13-4-2-5-16-6-3-11/h7-8H,2-6H2,1H3,(H,13,15). The molecule has 16 heavy (non-hydrogen) atoms. The molecule has 0 atom stereocenters. The van der Waals surface area contributed by atoms with E-state index in [-0.39, 0.29) is 5.91 Å². The topological polar surface area (TPSA) is 56.2 Å². The quantitative estimate of drug-likeness (QED) is 0.601. The van der Waals surface area contributed by atoms with E-state index in [1.165, 1.54) is 0 Å². The zero-order valence-electron chi connectivity index (χ0n) is 9.28. The maximum absolute atomic E-state index is 11.6. The van der Waals surface area contributed by atoms with Crippen LogP contribution in [0.2, 0.25) is 0 Å². The number of aromatic nitrogens is 2. The van der Waals surface area contributed by atoms with Crippen LogP contribution in [0.25, 0.3) is 0 Å². The van der Waals surface area contributed by atoms with Crippen molar-refractivity contribution < 1.29 is 9.53 Å². The van der Waals surface area contributed by atoms with Crippen molar-refractivity contribution in [2.24, 2.45) is 7.05 Å². The van der Waals surface area contributed by atoms with E-state index in [2.05, 4.69) is 26.2 Å². The highest BCUT2D eigenvalue weighted by atomic mass is 79.9. The molecule has 0 aliphatic rings. The summed E-state index contributed by atoms with van der Waals surface area (Å²) < 4.78 is 6.95. The van der Waals surface area contributed by atoms with Gasteiger partial charge in [0.1, 0.15) is 5.69 Å². The molecule has 5 nitrogen and oxygen atoms in total. The number of halogens is 1. The van der Waals surface area contributed by atoms with Gasteiger partial charge in [0.25, 0.3) is 5.91 Å². The molecule has 0 saturated heterocycles. The van der Waals surface area contributed by atoms with Gasteiger partial charge in [0, 0.05) is 25.5 Å². The van der Waals surface area contributed by atoms with Crippen LogP contribution in [0.4, 0.5) is 0 Å². The Kier molecular flexibility index (Phi) is 6.10. The second kappa shape index (κ2) is 7.40. The van der Waals surface area contributed by atoms with Gasteiger partial charge in [0.05, 0.1) is 19.1 Å². The average Bonchev–Trinajstić information content (AvgIpc) is 2.69. The minimum Gasteiger partial charge on any atom is -0.381 e. The van der Waals surface area contributed by atoms with Crippen LogP contribution < -0.4 is 5.32 Å². The molecule has 1 amide bonds. The number of carbonyl (C=O) groups is 1. The number of rotatable bonds is 7. The van der Waals surface area contributed by atoms with Gasteiger partial charge in [-0.3, -0.25) is 4.79 Å². The normalized spacial score (nSPS) is 10.4. The summed E-state index contributed by atoms with van der Waals surface area (Å²) in [6, 6.07) is 0. The van der Waals surface area contributed by atoms with Crippen molar-refractivity contribution in [3.05, 3.63) is 18.2 Å². The van der Waals surface area contributed by atoms with E-state index in [4.69, 9.17) is 4.74 Å². The molecule has 0 saturated carbocycles. The lowest BCUT2D eigenvalue weighted by atomic mass is 10.4. The second-order valence-corrected chi connectivity index (χ2v) is 4.09. The highest BCUT2D eigenvalue weighted by Crippen LogP contribution is 1.95. The number of ether oxygens (including phenoxy) is 1. The lowest BCUT2D eigenvalue weighted by Gasteiger charge is -2.05. The maximum Gasteiger partial charge on any atom is 0.269 e. The fraction of sp³-hybridized carbons (Fsp3) is 0.600. The lowest BCUT2D eigenvalue weighted by Crippen LogP contribution is -2.27. The van der Waals surface area contributed by atoms with Gasteiger partial charge in [-0.25, -0.2) is 4.98 Å². The van der Waals surface area contributed by atoms with Crippen LogP contribution in [0.1, 0.15) is 16.9 Å². The van der Waals surface area contributed by atoms with Gasteiger partial charge in [0.2, 0.25) is 0 Å². The van der Waals surface area contributed by atoms with Gasteiger partial charge < -0.3 is 14.6 Å². The van der Waals surface area contributed by atoms with Crippen molar-refractivity contribution in [2.75, 3.05) is 25.1 Å². The molecule has 0 bridgehead atoms. The summed E-state index contributed by atoms with van der Waals surface area (Å²) in [5.74, 6) is -0.0968. The Hall–Kier alpha value is -0.880. The molecule has 0 aromatic carbocycles. The minimum atomic E-state index is -0.0968. The van der Waals surface area contributed by atoms with Crippen LogP contribution in [0.5, 0.6) is 0 Å². The van der Waals surface area contributed by atoms with E-state index in [0.29, 0.717) is 25.5 Å². The number of carbonyl (C=O) groups excluding carboxylic acids is 1. The average molecular weight is 290 g/mol. The smallest absolute Gasteiger partial charge is 0.269 e. The van der Waals surface area contributed by atoms with E-state index in [1.54, 1.807) is 24.1 Å². The minimum absolute atomic E-state index is 0.0968. The number of hydrogen-bond donors (Lipinski definition) is 1. The Morgan fingerprint density at radius 2 is 2.44 bits per heavy atom. The van der Waals surface area contributed by atoms with Crippen LogP contribution in [0.3, 0.4) is 0 Å². The van der Waals surface area contributed by atoms with Gasteiger partial charge in [0.15, 0.2) is 0 Å². The first-order chi connectivity index (χ1) is 7.75. The van der Waals surface area contributed by atoms with E-state index in [0.717, 1.165) is 11.8 Å². The summed E-state index contributed by atoms with van der Waals surface area (Å²) in [6.45, 7) is 1.99. The molecule has 1 heterocycles. The molecule has 0 aliphatic carbocycles. The van der Waals surface area contributed by atoms with Crippen LogP contribution in [0, 0.1) is 0 Å². The maximum atomic E-state index is 11.6. The molecule has 1 rings (SSSR count). The molecule has 6 heteroatoms. The van der Waals surface area contributed by atoms with Crippen molar-refractivity contribution in [1.29, 1.82) is 0 Å². The Labute approximate surface area is 103 Å². The lowest BCUT2D eigenvalue weighted by molar-refractivity contribution is 0.0936. The molecule has 0 spiro atoms. The van der Waals surface area contributed by atoms with Gasteiger partial charge in [-0.15, -0.1) is 0 Å². The number of aryl methyl sites for hydroxylation is 1. The van der Waals surface area contributed by atoms with Gasteiger partial charge in [-0.05, 0) is 6.42 Å². The van der Waals surface area contributed by atoms with Crippen LogP contribution in [0.15, 0.2) is 12.5 Å². The van der Waals surface area contributed by atoms with Crippen molar-refractivity contribution in [1.82, 2.24) is 14.9 Å². The fourth-order valence-corrected chi connectivity index (χ4v) is 1.43. The molecule has 0 unspecified atom stereocenters. The van der Waals surface area contributed by atoms with Gasteiger partial charge >= 0.3 is 0 Å². The van der Waals surface area contributed by atoms with Crippen molar-refractivity contribution in [3.63, 3.8) is 0 Å². The van der Waals surface area contributed by atoms with E-state index < -0.39 is 0 Å². The monoisotopic (exact) mass is 289 g/mol. The first-order valence-electron chi connectivity index (χ1n) is 5.14. The Morgan fingerprint density at radius 3 is 3.06 bits per heavy atom. The second-order valence-electron chi connectivity index (χ2n) is 3.30. The number of nitrogens with one attached hydrogen (secondary N) is 1. The van der Waals surface area contributed by atoms with E-state index in [9.17, 15) is 4.79 Å². The number of imidazole rings is 1. The third-order valence-electron chi connectivity index (χ3n) is 2.02. The van der Waals surface area contributed by atoms with Crippen LogP contribution >= 0.6 is 15.9 Å². The molecule has 1 aromatic rings. The Morgan fingerprint density at radius 1 is 1.62 bits per heavy atom. The fourth-order valence-electron chi connectivity index (χ4n) is 1.20. The summed E-state index contributed by atoms with van der Waals surface area (Å²) in [6.07, 6.45) is 3.97. The predicted octanol–water partition coefficient (Wildman–Crippen LogP) is 0.952. The number of hydrogen-bond acceptors (Lipinski definition) is 3. The summed E-state index contributed by atoms with van der Waals surface area (Å²) >= 11 is 3.27. The molecule has 1 N–H and O–H groups in total. The number of alkyl halides is 1. The first kappa shape index (κ1) is 13.2. The molecular weight excluding hydrogens is 274 g/mol. The summed E-state index contributed by atoms with van der Waals surface area (Å²) in [7, 11) is 1.79. The Balaban J connectivity index is 2.14. The number of amides is 1. The predicted molar refractivity (Wildman–Crippen MR) is 64.8 cm³/mol. The molecular formula is C10H16BrN3O2. The molecule has 0 fully saturated rings. The first-order valence-corrected chi connectivity index (χ1v) is 6.26. The zero-order valence-corrected chi connectivity index (χ0v) is 10.9. The third-order valence-corrected chi connectivity index (χ3v) is 2.35. The summed E-state index contributed by atoms with van der Waals surface area (Å²) in [5, 5.41) is 3.65. The summed E-state index contributed by atoms with van der Waals surface area (Å²) in [4.78, 5) is 15.5. The van der Waals surface area contributed by atoms with Crippen molar-refractivity contribution in [3.8, 4) is 0 Å². The van der Waals surface area contributed by atoms with Crippen molar-refractivity contribution in [2.45, 2.75) is 6.42 Å². The summed E-state index contributed by atoms with van der Waals surface area (Å²) in [5.41, 5.74) is 0.571. The van der Waals surface area contributed by atoms with Crippen LogP contribution in [-0.4, -0.2) is 40.5 Å². The van der Waals surface area contributed by atoms with Gasteiger partial charge in [-0.1, -0.05) is 15.9 Å². The van der Waals surface area contributed by atoms with Crippen LogP contribution in [-0.2, 0) is 11.8 Å². The Bertz CT molecular complexity index is 328. The highest BCUT2D eigenvalue weighted by Gasteiger charge is 2.07. The molecule has 90 valence electrons. The zero-order chi connectivity index (χ0) is 11.8. The molecule has 1 aromatic heterocycles. The van der Waals surface area contributed by atoms with Gasteiger partial charge in [-0.2, -0.15) is 0 Å². The van der Waals surface area contributed by atoms with E-state index >= 15 is 0 Å². The third kappa shape index (κ3) is 4.32. The van der Waals surface area contributed by atoms with Crippen molar-refractivity contribution >= 4 is 21.8 Å².